The largest absolute Gasteiger partial charge is 0.474 e. The Balaban J connectivity index is 1.78. The van der Waals surface area contributed by atoms with Gasteiger partial charge in [-0.05, 0) is 69.6 Å². The highest BCUT2D eigenvalue weighted by Gasteiger charge is 2.27. The first-order valence-electron chi connectivity index (χ1n) is 11.2. The monoisotopic (exact) mass is 397 g/mol. The predicted octanol–water partition coefficient (Wildman–Crippen LogP) is 5.26. The van der Waals surface area contributed by atoms with Gasteiger partial charge in [-0.3, -0.25) is 9.79 Å². The minimum atomic E-state index is 0.109. The summed E-state index contributed by atoms with van der Waals surface area (Å²) in [7, 11) is 0. The number of likely N-dealkylation sites (tertiary alicyclic amines) is 1. The van der Waals surface area contributed by atoms with Crippen molar-refractivity contribution < 1.29 is 9.53 Å². The third kappa shape index (κ3) is 5.46. The number of allylic oxidation sites excluding steroid dienone is 2. The molecule has 1 saturated carbocycles. The van der Waals surface area contributed by atoms with Crippen LogP contribution in [-0.2, 0) is 4.79 Å². The van der Waals surface area contributed by atoms with Crippen LogP contribution >= 0.6 is 0 Å². The van der Waals surface area contributed by atoms with Gasteiger partial charge in [-0.2, -0.15) is 0 Å². The maximum absolute atomic E-state index is 13.1. The quantitative estimate of drug-likeness (QED) is 0.630. The number of amides is 1. The molecule has 3 rings (SSSR count). The summed E-state index contributed by atoms with van der Waals surface area (Å²) in [6.07, 6.45) is 9.87. The van der Waals surface area contributed by atoms with Crippen molar-refractivity contribution in [2.24, 2.45) is 10.9 Å². The van der Waals surface area contributed by atoms with Crippen LogP contribution in [0.3, 0.4) is 0 Å². The Morgan fingerprint density at radius 2 is 2.03 bits per heavy atom. The molecule has 0 radical (unpaired) electrons. The van der Waals surface area contributed by atoms with Crippen molar-refractivity contribution in [1.82, 2.24) is 9.88 Å². The highest BCUT2D eigenvalue weighted by Crippen LogP contribution is 2.26. The molecule has 5 nitrogen and oxygen atoms in total. The molecular weight excluding hydrogens is 362 g/mol. The van der Waals surface area contributed by atoms with E-state index in [4.69, 9.17) is 9.73 Å². The first-order chi connectivity index (χ1) is 14.0. The van der Waals surface area contributed by atoms with Crippen molar-refractivity contribution in [2.45, 2.75) is 78.7 Å². The Hall–Kier alpha value is -2.17. The van der Waals surface area contributed by atoms with Crippen LogP contribution in [0.25, 0.3) is 5.57 Å². The topological polar surface area (TPSA) is 54.8 Å². The Labute approximate surface area is 175 Å². The van der Waals surface area contributed by atoms with Crippen molar-refractivity contribution in [3.63, 3.8) is 0 Å². The van der Waals surface area contributed by atoms with Crippen LogP contribution in [0.2, 0.25) is 0 Å². The van der Waals surface area contributed by atoms with Crippen molar-refractivity contribution in [1.29, 1.82) is 0 Å². The molecule has 1 atom stereocenters. The zero-order chi connectivity index (χ0) is 20.8. The lowest BCUT2D eigenvalue weighted by Gasteiger charge is -2.25. The number of aliphatic imine (C=N–C) groups is 1. The summed E-state index contributed by atoms with van der Waals surface area (Å²) in [4.78, 5) is 24.4. The smallest absolute Gasteiger partial charge is 0.268 e. The second kappa shape index (κ2) is 10.0. The summed E-state index contributed by atoms with van der Waals surface area (Å²) < 4.78 is 5.85. The number of carbonyl (C=O) groups excluding carboxylic acids is 1. The molecule has 1 aromatic heterocycles. The molecule has 2 fully saturated rings. The fourth-order valence-electron chi connectivity index (χ4n) is 3.72. The molecule has 29 heavy (non-hydrogen) atoms. The zero-order valence-electron chi connectivity index (χ0n) is 18.4. The number of aromatic nitrogens is 1. The molecule has 5 heteroatoms. The Bertz CT molecular complexity index is 761. The molecule has 0 aromatic carbocycles. The van der Waals surface area contributed by atoms with Crippen molar-refractivity contribution in [2.75, 3.05) is 13.1 Å². The first kappa shape index (κ1) is 21.5. The van der Waals surface area contributed by atoms with Gasteiger partial charge in [-0.25, -0.2) is 4.98 Å². The van der Waals surface area contributed by atoms with E-state index in [2.05, 4.69) is 18.8 Å². The Morgan fingerprint density at radius 1 is 1.24 bits per heavy atom. The van der Waals surface area contributed by atoms with Crippen LogP contribution in [0.15, 0.2) is 29.0 Å². The van der Waals surface area contributed by atoms with E-state index < -0.39 is 0 Å². The summed E-state index contributed by atoms with van der Waals surface area (Å²) in [5.74, 6) is 0.987. The predicted molar refractivity (Wildman–Crippen MR) is 118 cm³/mol. The van der Waals surface area contributed by atoms with E-state index in [1.165, 1.54) is 6.42 Å². The molecule has 0 bridgehead atoms. The average Bonchev–Trinajstić information content (AvgIpc) is 2.82. The number of hydrogen-bond acceptors (Lipinski definition) is 4. The summed E-state index contributed by atoms with van der Waals surface area (Å²) in [5, 5.41) is 0. The summed E-state index contributed by atoms with van der Waals surface area (Å²) in [5.41, 5.74) is 3.65. The standard InChI is InChI=1S/C24H35N3O2/c1-5-6-14-27-15-8-9-17(2)23(24(27)28)26-19(4)18(3)20-12-13-22(25-16-20)29-21-10-7-11-21/h12-13,16-17,21H,5-11,14-15H2,1-4H3/b19-18+,26-23?. The minimum Gasteiger partial charge on any atom is -0.474 e. The molecule has 2 aliphatic rings. The van der Waals surface area contributed by atoms with Gasteiger partial charge in [-0.15, -0.1) is 0 Å². The van der Waals surface area contributed by atoms with E-state index in [1.54, 1.807) is 0 Å². The lowest BCUT2D eigenvalue weighted by Crippen LogP contribution is -2.37. The number of pyridine rings is 1. The fourth-order valence-corrected chi connectivity index (χ4v) is 3.72. The van der Waals surface area contributed by atoms with Crippen molar-refractivity contribution >= 4 is 17.2 Å². The van der Waals surface area contributed by atoms with E-state index in [1.807, 2.05) is 37.1 Å². The van der Waals surface area contributed by atoms with Gasteiger partial charge in [-0.1, -0.05) is 20.3 Å². The van der Waals surface area contributed by atoms with Gasteiger partial charge in [0.15, 0.2) is 0 Å². The third-order valence-electron chi connectivity index (χ3n) is 6.16. The van der Waals surface area contributed by atoms with Gasteiger partial charge in [0.25, 0.3) is 5.91 Å². The molecule has 0 N–H and O–H groups in total. The van der Waals surface area contributed by atoms with Crippen LogP contribution in [0.4, 0.5) is 0 Å². The second-order valence-corrected chi connectivity index (χ2v) is 8.45. The normalized spacial score (nSPS) is 22.9. The van der Waals surface area contributed by atoms with Crippen molar-refractivity contribution in [3.8, 4) is 5.88 Å². The molecule has 0 spiro atoms. The SMILES string of the molecule is CCCCN1CCCC(C)C(=N/C(C)=C(\C)c2ccc(OC3CCC3)nc2)C1=O. The van der Waals surface area contributed by atoms with Gasteiger partial charge < -0.3 is 9.64 Å². The highest BCUT2D eigenvalue weighted by molar-refractivity contribution is 6.39. The molecule has 1 saturated heterocycles. The summed E-state index contributed by atoms with van der Waals surface area (Å²) in [6, 6.07) is 3.97. The van der Waals surface area contributed by atoms with E-state index >= 15 is 0 Å². The third-order valence-corrected chi connectivity index (χ3v) is 6.16. The second-order valence-electron chi connectivity index (χ2n) is 8.45. The van der Waals surface area contributed by atoms with E-state index in [0.717, 1.165) is 68.4 Å². The summed E-state index contributed by atoms with van der Waals surface area (Å²) >= 11 is 0. The van der Waals surface area contributed by atoms with Crippen LogP contribution in [-0.4, -0.2) is 40.7 Å². The Morgan fingerprint density at radius 3 is 2.66 bits per heavy atom. The van der Waals surface area contributed by atoms with Gasteiger partial charge in [0.2, 0.25) is 5.88 Å². The number of hydrogen-bond donors (Lipinski definition) is 0. The van der Waals surface area contributed by atoms with E-state index in [9.17, 15) is 4.79 Å². The van der Waals surface area contributed by atoms with Crippen LogP contribution in [0, 0.1) is 5.92 Å². The van der Waals surface area contributed by atoms with Crippen LogP contribution in [0.1, 0.15) is 78.2 Å². The average molecular weight is 398 g/mol. The molecule has 1 amide bonds. The maximum atomic E-state index is 13.1. The first-order valence-corrected chi connectivity index (χ1v) is 11.2. The van der Waals surface area contributed by atoms with Crippen LogP contribution < -0.4 is 4.74 Å². The van der Waals surface area contributed by atoms with Crippen molar-refractivity contribution in [3.05, 3.63) is 29.6 Å². The van der Waals surface area contributed by atoms with Gasteiger partial charge >= 0.3 is 0 Å². The number of carbonyl (C=O) groups is 1. The molecule has 1 unspecified atom stereocenters. The van der Waals surface area contributed by atoms with Gasteiger partial charge in [0.05, 0.1) is 0 Å². The zero-order valence-corrected chi connectivity index (χ0v) is 18.4. The van der Waals surface area contributed by atoms with Gasteiger partial charge in [0, 0.05) is 37.0 Å². The molecule has 1 aliphatic heterocycles. The lowest BCUT2D eigenvalue weighted by molar-refractivity contribution is -0.124. The number of ether oxygens (including phenoxy) is 1. The molecule has 1 aliphatic carbocycles. The lowest BCUT2D eigenvalue weighted by atomic mass is 9.96. The van der Waals surface area contributed by atoms with Gasteiger partial charge in [0.1, 0.15) is 11.8 Å². The molecule has 158 valence electrons. The number of rotatable bonds is 7. The van der Waals surface area contributed by atoms with E-state index in [0.29, 0.717) is 17.7 Å². The van der Waals surface area contributed by atoms with Crippen LogP contribution in [0.5, 0.6) is 5.88 Å². The number of unbranched alkanes of at least 4 members (excludes halogenated alkanes) is 1. The van der Waals surface area contributed by atoms with E-state index in [-0.39, 0.29) is 11.8 Å². The highest BCUT2D eigenvalue weighted by atomic mass is 16.5. The molecule has 1 aromatic rings. The maximum Gasteiger partial charge on any atom is 0.268 e. The molecule has 2 heterocycles. The summed E-state index contributed by atoms with van der Waals surface area (Å²) in [6.45, 7) is 9.99. The molecular formula is C24H35N3O2. The number of nitrogens with zero attached hydrogens (tertiary/aromatic N) is 3. The minimum absolute atomic E-state index is 0.109. The Kier molecular flexibility index (Phi) is 7.45. The fraction of sp³-hybridized carbons (Fsp3) is 0.625.